The van der Waals surface area contributed by atoms with E-state index >= 15 is 0 Å². The molecule has 6 nitrogen and oxygen atoms in total. The molecule has 1 saturated carbocycles. The number of piperidine rings is 1. The van der Waals surface area contributed by atoms with Crippen molar-refractivity contribution in [2.45, 2.75) is 70.4 Å². The second-order valence-electron chi connectivity index (χ2n) is 7.98. The number of benzene rings is 1. The molecule has 1 aromatic carbocycles. The van der Waals surface area contributed by atoms with Gasteiger partial charge in [0.2, 0.25) is 5.91 Å². The number of nitrogens with zero attached hydrogens (tertiary/aromatic N) is 1. The zero-order valence-corrected chi connectivity index (χ0v) is 16.4. The molecule has 0 aromatic heterocycles. The maximum Gasteiger partial charge on any atom is 0.303 e. The number of carbonyl (C=O) groups excluding carboxylic acids is 2. The lowest BCUT2D eigenvalue weighted by atomic mass is 9.96. The molecule has 2 N–H and O–H groups in total. The van der Waals surface area contributed by atoms with Crippen LogP contribution in [0.3, 0.4) is 0 Å². The summed E-state index contributed by atoms with van der Waals surface area (Å²) in [5.74, 6) is -0.562. The van der Waals surface area contributed by atoms with E-state index in [-0.39, 0.29) is 30.2 Å². The number of carboxylic acids is 1. The lowest BCUT2D eigenvalue weighted by Crippen LogP contribution is -2.44. The Morgan fingerprint density at radius 1 is 1.00 bits per heavy atom. The van der Waals surface area contributed by atoms with Crippen LogP contribution >= 0.6 is 0 Å². The number of rotatable bonds is 7. The monoisotopic (exact) mass is 386 g/mol. The number of aliphatic carboxylic acids is 1. The van der Waals surface area contributed by atoms with Crippen molar-refractivity contribution in [2.24, 2.45) is 5.92 Å². The van der Waals surface area contributed by atoms with E-state index in [0.29, 0.717) is 25.1 Å². The molecule has 0 bridgehead atoms. The quantitative estimate of drug-likeness (QED) is 0.752. The van der Waals surface area contributed by atoms with Crippen molar-refractivity contribution in [3.63, 3.8) is 0 Å². The highest BCUT2D eigenvalue weighted by atomic mass is 16.4. The lowest BCUT2D eigenvalue weighted by molar-refractivity contribution is -0.137. The van der Waals surface area contributed by atoms with E-state index < -0.39 is 5.97 Å². The molecule has 0 spiro atoms. The molecule has 1 aliphatic heterocycles. The first-order chi connectivity index (χ1) is 13.5. The van der Waals surface area contributed by atoms with Crippen LogP contribution in [0.15, 0.2) is 24.3 Å². The highest BCUT2D eigenvalue weighted by molar-refractivity contribution is 5.94. The molecule has 2 aliphatic rings. The van der Waals surface area contributed by atoms with Gasteiger partial charge >= 0.3 is 5.97 Å². The molecule has 152 valence electrons. The molecule has 1 saturated heterocycles. The van der Waals surface area contributed by atoms with Gasteiger partial charge in [-0.05, 0) is 56.2 Å². The largest absolute Gasteiger partial charge is 0.481 e. The van der Waals surface area contributed by atoms with Crippen molar-refractivity contribution in [2.75, 3.05) is 6.54 Å². The number of hydrogen-bond acceptors (Lipinski definition) is 3. The minimum Gasteiger partial charge on any atom is -0.481 e. The van der Waals surface area contributed by atoms with E-state index in [9.17, 15) is 14.4 Å². The average molecular weight is 386 g/mol. The van der Waals surface area contributed by atoms with Crippen LogP contribution in [-0.2, 0) is 16.1 Å². The zero-order valence-electron chi connectivity index (χ0n) is 16.4. The number of likely N-dealkylation sites (tertiary alicyclic amines) is 1. The first-order valence-corrected chi connectivity index (χ1v) is 10.4. The van der Waals surface area contributed by atoms with Crippen LogP contribution in [0, 0.1) is 5.92 Å². The maximum atomic E-state index is 12.9. The van der Waals surface area contributed by atoms with Crippen LogP contribution < -0.4 is 5.32 Å². The van der Waals surface area contributed by atoms with Crippen LogP contribution in [0.2, 0.25) is 0 Å². The summed E-state index contributed by atoms with van der Waals surface area (Å²) < 4.78 is 0. The molecule has 6 heteroatoms. The summed E-state index contributed by atoms with van der Waals surface area (Å²) in [5.41, 5.74) is 1.59. The third kappa shape index (κ3) is 5.33. The number of hydrogen-bond donors (Lipinski definition) is 2. The first-order valence-electron chi connectivity index (χ1n) is 10.4. The molecule has 2 fully saturated rings. The number of amides is 2. The summed E-state index contributed by atoms with van der Waals surface area (Å²) in [5, 5.41) is 11.9. The van der Waals surface area contributed by atoms with E-state index in [1.54, 1.807) is 0 Å². The van der Waals surface area contributed by atoms with Crippen molar-refractivity contribution in [1.82, 2.24) is 10.2 Å². The van der Waals surface area contributed by atoms with Crippen molar-refractivity contribution < 1.29 is 19.5 Å². The van der Waals surface area contributed by atoms with Gasteiger partial charge in [-0.1, -0.05) is 25.0 Å². The minimum atomic E-state index is -0.818. The fourth-order valence-electron chi connectivity index (χ4n) is 4.31. The summed E-state index contributed by atoms with van der Waals surface area (Å²) in [6.45, 7) is 1.16. The molecular formula is C22H30N2O4. The van der Waals surface area contributed by atoms with E-state index in [0.717, 1.165) is 50.5 Å². The maximum absolute atomic E-state index is 12.9. The van der Waals surface area contributed by atoms with E-state index in [1.807, 2.05) is 29.2 Å². The summed E-state index contributed by atoms with van der Waals surface area (Å²) in [4.78, 5) is 37.8. The van der Waals surface area contributed by atoms with Crippen LogP contribution in [0.1, 0.15) is 73.7 Å². The smallest absolute Gasteiger partial charge is 0.303 e. The molecule has 3 rings (SSSR count). The lowest BCUT2D eigenvalue weighted by Gasteiger charge is -2.35. The van der Waals surface area contributed by atoms with Crippen LogP contribution in [0.4, 0.5) is 0 Å². The molecule has 2 amide bonds. The van der Waals surface area contributed by atoms with Crippen LogP contribution in [0.25, 0.3) is 0 Å². The number of carbonyl (C=O) groups is 3. The summed E-state index contributed by atoms with van der Waals surface area (Å²) >= 11 is 0. The van der Waals surface area contributed by atoms with Gasteiger partial charge in [-0.25, -0.2) is 0 Å². The molecule has 1 atom stereocenters. The van der Waals surface area contributed by atoms with Crippen LogP contribution in [-0.4, -0.2) is 40.4 Å². The number of carboxylic acid groups (broad SMARTS) is 1. The third-order valence-electron chi connectivity index (χ3n) is 5.97. The van der Waals surface area contributed by atoms with Gasteiger partial charge in [0.25, 0.3) is 5.91 Å². The van der Waals surface area contributed by atoms with Crippen molar-refractivity contribution in [1.29, 1.82) is 0 Å². The standard InChI is InChI=1S/C22H30N2O4/c25-20(26)13-12-19-7-3-4-14-24(19)22(28)18-10-8-16(9-11-18)15-23-21(27)17-5-1-2-6-17/h8-11,17,19H,1-7,12-15H2,(H,23,27)(H,25,26). The normalized spacial score (nSPS) is 20.1. The molecular weight excluding hydrogens is 356 g/mol. The average Bonchev–Trinajstić information content (AvgIpc) is 3.25. The highest BCUT2D eigenvalue weighted by Crippen LogP contribution is 2.25. The highest BCUT2D eigenvalue weighted by Gasteiger charge is 2.28. The van der Waals surface area contributed by atoms with Gasteiger partial charge in [-0.15, -0.1) is 0 Å². The fraction of sp³-hybridized carbons (Fsp3) is 0.591. The van der Waals surface area contributed by atoms with Crippen molar-refractivity contribution in [3.05, 3.63) is 35.4 Å². The topological polar surface area (TPSA) is 86.7 Å². The zero-order chi connectivity index (χ0) is 19.9. The van der Waals surface area contributed by atoms with Gasteiger partial charge in [-0.2, -0.15) is 0 Å². The van der Waals surface area contributed by atoms with Gasteiger partial charge in [0.15, 0.2) is 0 Å². The predicted octanol–water partition coefficient (Wildman–Crippen LogP) is 3.35. The van der Waals surface area contributed by atoms with Gasteiger partial charge in [0, 0.05) is 37.0 Å². The Balaban J connectivity index is 1.56. The first kappa shape index (κ1) is 20.4. The Morgan fingerprint density at radius 2 is 1.68 bits per heavy atom. The van der Waals surface area contributed by atoms with E-state index in [2.05, 4.69) is 5.32 Å². The molecule has 1 aromatic rings. The summed E-state index contributed by atoms with van der Waals surface area (Å²) in [6.07, 6.45) is 7.70. The number of nitrogens with one attached hydrogen (secondary N) is 1. The second-order valence-corrected chi connectivity index (χ2v) is 7.98. The van der Waals surface area contributed by atoms with Gasteiger partial charge in [-0.3, -0.25) is 14.4 Å². The Labute approximate surface area is 166 Å². The Kier molecular flexibility index (Phi) is 7.06. The second kappa shape index (κ2) is 9.71. The Bertz CT molecular complexity index is 695. The summed E-state index contributed by atoms with van der Waals surface area (Å²) in [6, 6.07) is 7.39. The van der Waals surface area contributed by atoms with Gasteiger partial charge in [0.1, 0.15) is 0 Å². The molecule has 28 heavy (non-hydrogen) atoms. The van der Waals surface area contributed by atoms with Gasteiger partial charge in [0.05, 0.1) is 0 Å². The van der Waals surface area contributed by atoms with Crippen molar-refractivity contribution >= 4 is 17.8 Å². The molecule has 0 radical (unpaired) electrons. The Morgan fingerprint density at radius 3 is 2.36 bits per heavy atom. The van der Waals surface area contributed by atoms with E-state index in [1.165, 1.54) is 0 Å². The van der Waals surface area contributed by atoms with Crippen molar-refractivity contribution in [3.8, 4) is 0 Å². The summed E-state index contributed by atoms with van der Waals surface area (Å²) in [7, 11) is 0. The molecule has 1 heterocycles. The minimum absolute atomic E-state index is 0.00252. The van der Waals surface area contributed by atoms with E-state index in [4.69, 9.17) is 5.11 Å². The fourth-order valence-corrected chi connectivity index (χ4v) is 4.31. The molecule has 1 aliphatic carbocycles. The Hall–Kier alpha value is -2.37. The predicted molar refractivity (Wildman–Crippen MR) is 106 cm³/mol. The molecule has 1 unspecified atom stereocenters. The SMILES string of the molecule is O=C(O)CCC1CCCCN1C(=O)c1ccc(CNC(=O)C2CCCC2)cc1. The third-order valence-corrected chi connectivity index (χ3v) is 5.97. The van der Waals surface area contributed by atoms with Crippen LogP contribution in [0.5, 0.6) is 0 Å². The van der Waals surface area contributed by atoms with Gasteiger partial charge < -0.3 is 15.3 Å².